The maximum Gasteiger partial charge on any atom is 0.411 e. The molecule has 3 N–H and O–H groups in total. The van der Waals surface area contributed by atoms with Gasteiger partial charge in [0.25, 0.3) is 5.91 Å². The molecule has 0 spiro atoms. The van der Waals surface area contributed by atoms with E-state index in [0.29, 0.717) is 27.4 Å². The Kier molecular flexibility index (Phi) is 7.01. The van der Waals surface area contributed by atoms with Crippen molar-refractivity contribution in [1.29, 1.82) is 10.5 Å². The fourth-order valence-electron chi connectivity index (χ4n) is 2.65. The number of hydrogen-bond acceptors (Lipinski definition) is 6. The molecule has 0 aromatic heterocycles. The molecule has 0 aliphatic rings. The molecule has 2 amide bonds. The Bertz CT molecular complexity index is 1120. The lowest BCUT2D eigenvalue weighted by Gasteiger charge is -2.25. The lowest BCUT2D eigenvalue weighted by Crippen LogP contribution is -2.34. The van der Waals surface area contributed by atoms with Gasteiger partial charge >= 0.3 is 6.09 Å². The molecule has 1 unspecified atom stereocenters. The third-order valence-electron chi connectivity index (χ3n) is 4.33. The smallest absolute Gasteiger partial charge is 0.411 e. The van der Waals surface area contributed by atoms with E-state index in [-0.39, 0.29) is 5.02 Å². The number of amides is 2. The average Bonchev–Trinajstić information content (AvgIpc) is 2.70. The summed E-state index contributed by atoms with van der Waals surface area (Å²) in [5.74, 6) is -1.17. The van der Waals surface area contributed by atoms with Crippen LogP contribution >= 0.6 is 23.2 Å². The molecule has 152 valence electrons. The molecule has 0 fully saturated rings. The van der Waals surface area contributed by atoms with Crippen molar-refractivity contribution in [3.8, 4) is 12.1 Å². The summed E-state index contributed by atoms with van der Waals surface area (Å²) in [7, 11) is 0. The molecule has 2 rings (SSSR count). The summed E-state index contributed by atoms with van der Waals surface area (Å²) in [4.78, 5) is 22.1. The van der Waals surface area contributed by atoms with Crippen molar-refractivity contribution in [2.24, 2.45) is 5.10 Å². The van der Waals surface area contributed by atoms with Crippen LogP contribution in [0.4, 0.5) is 10.5 Å². The van der Waals surface area contributed by atoms with Gasteiger partial charge in [-0.15, -0.1) is 0 Å². The van der Waals surface area contributed by atoms with E-state index in [1.807, 2.05) is 0 Å². The van der Waals surface area contributed by atoms with Crippen LogP contribution in [0.2, 0.25) is 10.0 Å². The molecule has 0 radical (unpaired) electrons. The summed E-state index contributed by atoms with van der Waals surface area (Å²) in [6.45, 7) is 3.45. The van der Waals surface area contributed by atoms with Crippen LogP contribution in [-0.4, -0.2) is 22.8 Å². The molecule has 0 aliphatic carbocycles. The first-order valence-electron chi connectivity index (χ1n) is 8.38. The van der Waals surface area contributed by atoms with Crippen LogP contribution in [0.5, 0.6) is 0 Å². The van der Waals surface area contributed by atoms with Crippen molar-refractivity contribution in [1.82, 2.24) is 5.32 Å². The van der Waals surface area contributed by atoms with Gasteiger partial charge in [0.05, 0.1) is 11.8 Å². The third-order valence-corrected chi connectivity index (χ3v) is 4.89. The molecule has 8 nitrogen and oxygen atoms in total. The van der Waals surface area contributed by atoms with Gasteiger partial charge in [-0.3, -0.25) is 15.5 Å². The number of anilines is 1. The number of carboxylic acid groups (broad SMARTS) is 1. The highest BCUT2D eigenvalue weighted by Crippen LogP contribution is 2.38. The minimum atomic E-state index is -1.61. The SMILES string of the molecule is Cc1cc(C(C)(C#N)c2ccc(Cl)cc2)c(Cl)cc1N/N=C(\C#N)C(=O)NC(=O)O. The lowest BCUT2D eigenvalue weighted by molar-refractivity contribution is -0.114. The van der Waals surface area contributed by atoms with Crippen LogP contribution in [0.25, 0.3) is 0 Å². The van der Waals surface area contributed by atoms with Crippen molar-refractivity contribution in [3.05, 3.63) is 63.1 Å². The molecule has 30 heavy (non-hydrogen) atoms. The number of carbonyl (C=O) groups excluding carboxylic acids is 1. The highest BCUT2D eigenvalue weighted by atomic mass is 35.5. The molecule has 0 aliphatic heterocycles. The van der Waals surface area contributed by atoms with E-state index in [1.54, 1.807) is 44.2 Å². The van der Waals surface area contributed by atoms with Crippen molar-refractivity contribution in [2.75, 3.05) is 5.43 Å². The normalized spacial score (nSPS) is 12.8. The fraction of sp³-hybridized carbons (Fsp3) is 0.150. The Morgan fingerprint density at radius 2 is 1.80 bits per heavy atom. The van der Waals surface area contributed by atoms with E-state index in [0.717, 1.165) is 0 Å². The Balaban J connectivity index is 2.42. The van der Waals surface area contributed by atoms with Gasteiger partial charge in [-0.05, 0) is 48.7 Å². The summed E-state index contributed by atoms with van der Waals surface area (Å²) in [5.41, 5.74) is 3.03. The number of imide groups is 1. The quantitative estimate of drug-likeness (QED) is 0.466. The van der Waals surface area contributed by atoms with Crippen molar-refractivity contribution < 1.29 is 14.7 Å². The predicted octanol–water partition coefficient (Wildman–Crippen LogP) is 4.22. The second-order valence-corrected chi connectivity index (χ2v) is 7.18. The number of nitrogens with one attached hydrogen (secondary N) is 2. The molecule has 2 aromatic carbocycles. The minimum Gasteiger partial charge on any atom is -0.465 e. The Morgan fingerprint density at radius 3 is 2.33 bits per heavy atom. The van der Waals surface area contributed by atoms with Gasteiger partial charge in [-0.2, -0.15) is 15.6 Å². The maximum absolute atomic E-state index is 11.6. The fourth-order valence-corrected chi connectivity index (χ4v) is 3.13. The van der Waals surface area contributed by atoms with Crippen LogP contribution in [0, 0.1) is 29.6 Å². The number of nitriles is 2. The zero-order chi connectivity index (χ0) is 22.5. The van der Waals surface area contributed by atoms with Gasteiger partial charge in [-0.1, -0.05) is 41.4 Å². The molecular weight excluding hydrogens is 429 g/mol. The van der Waals surface area contributed by atoms with E-state index in [2.05, 4.69) is 16.6 Å². The van der Waals surface area contributed by atoms with Crippen molar-refractivity contribution in [3.63, 3.8) is 0 Å². The first-order valence-corrected chi connectivity index (χ1v) is 9.14. The molecular formula is C20H15Cl2N5O3. The molecule has 0 saturated heterocycles. The standard InChI is InChI=1S/C20H15Cl2N5O3/c1-11-7-14(20(2,10-24)12-3-5-13(21)6-4-12)15(22)8-16(11)26-27-17(9-23)18(28)25-19(29)30/h3-8,26H,1-2H3,(H,25,28)(H,29,30)/b27-17+. The Labute approximate surface area is 182 Å². The maximum atomic E-state index is 11.6. The van der Waals surface area contributed by atoms with Crippen molar-refractivity contribution in [2.45, 2.75) is 19.3 Å². The molecule has 2 aromatic rings. The van der Waals surface area contributed by atoms with Gasteiger partial charge in [0.15, 0.2) is 0 Å². The molecule has 0 bridgehead atoms. The topological polar surface area (TPSA) is 138 Å². The average molecular weight is 444 g/mol. The van der Waals surface area contributed by atoms with Crippen LogP contribution in [0.1, 0.15) is 23.6 Å². The van der Waals surface area contributed by atoms with E-state index >= 15 is 0 Å². The van der Waals surface area contributed by atoms with E-state index in [4.69, 9.17) is 33.6 Å². The number of hydrogen-bond donors (Lipinski definition) is 3. The van der Waals surface area contributed by atoms with Crippen LogP contribution in [-0.2, 0) is 10.2 Å². The monoisotopic (exact) mass is 443 g/mol. The number of rotatable bonds is 5. The summed E-state index contributed by atoms with van der Waals surface area (Å²) in [5, 5.41) is 33.4. The number of nitrogens with zero attached hydrogens (tertiary/aromatic N) is 3. The zero-order valence-electron chi connectivity index (χ0n) is 15.8. The van der Waals surface area contributed by atoms with Gasteiger partial charge in [-0.25, -0.2) is 4.79 Å². The Hall–Kier alpha value is -3.59. The van der Waals surface area contributed by atoms with Crippen LogP contribution in [0.15, 0.2) is 41.5 Å². The lowest BCUT2D eigenvalue weighted by atomic mass is 9.77. The number of halogens is 2. The first-order chi connectivity index (χ1) is 14.1. The van der Waals surface area contributed by atoms with Crippen LogP contribution < -0.4 is 10.7 Å². The number of benzene rings is 2. The summed E-state index contributed by atoms with van der Waals surface area (Å²) >= 11 is 12.4. The van der Waals surface area contributed by atoms with E-state index in [1.165, 1.54) is 17.5 Å². The zero-order valence-corrected chi connectivity index (χ0v) is 17.3. The second-order valence-electron chi connectivity index (χ2n) is 6.33. The Morgan fingerprint density at radius 1 is 1.17 bits per heavy atom. The van der Waals surface area contributed by atoms with E-state index in [9.17, 15) is 14.9 Å². The van der Waals surface area contributed by atoms with Gasteiger partial charge in [0.1, 0.15) is 11.5 Å². The summed E-state index contributed by atoms with van der Waals surface area (Å²) < 4.78 is 0. The summed E-state index contributed by atoms with van der Waals surface area (Å²) in [6.07, 6.45) is -1.61. The van der Waals surface area contributed by atoms with Gasteiger partial charge in [0, 0.05) is 10.0 Å². The molecule has 0 saturated carbocycles. The minimum absolute atomic E-state index is 0.255. The molecule has 1 atom stereocenters. The van der Waals surface area contributed by atoms with Gasteiger partial charge in [0.2, 0.25) is 5.71 Å². The van der Waals surface area contributed by atoms with Gasteiger partial charge < -0.3 is 5.11 Å². The largest absolute Gasteiger partial charge is 0.465 e. The highest BCUT2D eigenvalue weighted by Gasteiger charge is 2.31. The second kappa shape index (κ2) is 9.27. The predicted molar refractivity (Wildman–Crippen MR) is 113 cm³/mol. The number of carbonyl (C=O) groups is 2. The number of aryl methyl sites for hydroxylation is 1. The number of hydrazone groups is 1. The first kappa shape index (κ1) is 22.7. The summed E-state index contributed by atoms with van der Waals surface area (Å²) in [6, 6.07) is 13.8. The molecule has 0 heterocycles. The van der Waals surface area contributed by atoms with Crippen LogP contribution in [0.3, 0.4) is 0 Å². The van der Waals surface area contributed by atoms with Crippen molar-refractivity contribution >= 4 is 46.6 Å². The van der Waals surface area contributed by atoms with E-state index < -0.39 is 23.1 Å². The molecule has 10 heteroatoms. The third kappa shape index (κ3) is 4.87. The highest BCUT2D eigenvalue weighted by molar-refractivity contribution is 6.46.